The van der Waals surface area contributed by atoms with Crippen molar-refractivity contribution >= 4 is 5.91 Å². The van der Waals surface area contributed by atoms with Gasteiger partial charge in [0.05, 0.1) is 18.2 Å². The van der Waals surface area contributed by atoms with Gasteiger partial charge in [-0.2, -0.15) is 13.2 Å². The summed E-state index contributed by atoms with van der Waals surface area (Å²) in [6.07, 6.45) is 0.867. The molecule has 0 aliphatic carbocycles. The first kappa shape index (κ1) is 21.4. The Morgan fingerprint density at radius 3 is 2.83 bits per heavy atom. The van der Waals surface area contributed by atoms with Crippen LogP contribution in [0.2, 0.25) is 0 Å². The number of carbonyl (C=O) groups excluding carboxylic acids is 1. The van der Waals surface area contributed by atoms with E-state index in [9.17, 15) is 18.0 Å². The van der Waals surface area contributed by atoms with Crippen LogP contribution in [0.1, 0.15) is 43.6 Å². The van der Waals surface area contributed by atoms with E-state index in [1.54, 1.807) is 27.9 Å². The molecule has 8 heteroatoms. The molecule has 2 aromatic rings. The van der Waals surface area contributed by atoms with E-state index in [2.05, 4.69) is 4.98 Å². The predicted molar refractivity (Wildman–Crippen MR) is 102 cm³/mol. The summed E-state index contributed by atoms with van der Waals surface area (Å²) in [5, 5.41) is 0. The number of hydrogen-bond acceptors (Lipinski definition) is 3. The quantitative estimate of drug-likeness (QED) is 0.691. The van der Waals surface area contributed by atoms with Crippen LogP contribution < -0.4 is 0 Å². The standard InChI is InChI=1S/C21H26F3N3O2/c1-15(2)20(28)27(13-18-7-4-10-29-18)14-19-25-8-9-26(19)12-16-5-3-6-17(11-16)21(22,23)24/h3,5-6,8-9,11,15,18H,4,7,10,12-14H2,1-2H3. The van der Waals surface area contributed by atoms with Crippen molar-refractivity contribution in [3.05, 3.63) is 53.6 Å². The monoisotopic (exact) mass is 409 g/mol. The fourth-order valence-corrected chi connectivity index (χ4v) is 3.48. The highest BCUT2D eigenvalue weighted by atomic mass is 19.4. The zero-order chi connectivity index (χ0) is 21.0. The molecule has 1 amide bonds. The molecule has 0 saturated carbocycles. The molecule has 29 heavy (non-hydrogen) atoms. The molecule has 1 aliphatic heterocycles. The third kappa shape index (κ3) is 5.59. The number of aromatic nitrogens is 2. The van der Waals surface area contributed by atoms with E-state index in [1.165, 1.54) is 6.07 Å². The van der Waals surface area contributed by atoms with Crippen LogP contribution in [0, 0.1) is 5.92 Å². The Hall–Kier alpha value is -2.35. The summed E-state index contributed by atoms with van der Waals surface area (Å²) in [6.45, 7) is 5.44. The normalized spacial score (nSPS) is 17.1. The van der Waals surface area contributed by atoms with Gasteiger partial charge in [-0.3, -0.25) is 4.79 Å². The Labute approximate surface area is 168 Å². The minimum Gasteiger partial charge on any atom is -0.376 e. The summed E-state index contributed by atoms with van der Waals surface area (Å²) in [4.78, 5) is 18.8. The Kier molecular flexibility index (Phi) is 6.62. The molecule has 0 spiro atoms. The maximum absolute atomic E-state index is 13.0. The van der Waals surface area contributed by atoms with Gasteiger partial charge in [0.2, 0.25) is 5.91 Å². The second-order valence-electron chi connectivity index (χ2n) is 7.68. The van der Waals surface area contributed by atoms with E-state index in [0.29, 0.717) is 31.1 Å². The van der Waals surface area contributed by atoms with E-state index in [-0.39, 0.29) is 24.5 Å². The average Bonchev–Trinajstić information content (AvgIpc) is 3.32. The van der Waals surface area contributed by atoms with Crippen molar-refractivity contribution in [2.75, 3.05) is 13.2 Å². The molecule has 0 radical (unpaired) electrons. The third-order valence-corrected chi connectivity index (χ3v) is 4.99. The van der Waals surface area contributed by atoms with Crippen molar-refractivity contribution < 1.29 is 22.7 Å². The zero-order valence-electron chi connectivity index (χ0n) is 16.7. The Morgan fingerprint density at radius 1 is 1.38 bits per heavy atom. The van der Waals surface area contributed by atoms with Gasteiger partial charge >= 0.3 is 6.18 Å². The lowest BCUT2D eigenvalue weighted by Crippen LogP contribution is -2.39. The van der Waals surface area contributed by atoms with Crippen LogP contribution in [0.15, 0.2) is 36.7 Å². The lowest BCUT2D eigenvalue weighted by atomic mass is 10.1. The van der Waals surface area contributed by atoms with E-state index >= 15 is 0 Å². The van der Waals surface area contributed by atoms with Gasteiger partial charge < -0.3 is 14.2 Å². The molecule has 0 bridgehead atoms. The van der Waals surface area contributed by atoms with Crippen LogP contribution in [0.4, 0.5) is 13.2 Å². The number of nitrogens with zero attached hydrogens (tertiary/aromatic N) is 3. The Bertz CT molecular complexity index is 827. The summed E-state index contributed by atoms with van der Waals surface area (Å²) in [5.74, 6) is 0.479. The summed E-state index contributed by atoms with van der Waals surface area (Å²) in [6, 6.07) is 5.26. The van der Waals surface area contributed by atoms with Gasteiger partial charge in [0.25, 0.3) is 0 Å². The lowest BCUT2D eigenvalue weighted by molar-refractivity contribution is -0.138. The average molecular weight is 409 g/mol. The number of hydrogen-bond donors (Lipinski definition) is 0. The van der Waals surface area contributed by atoms with Crippen molar-refractivity contribution in [2.45, 2.75) is 52.1 Å². The SMILES string of the molecule is CC(C)C(=O)N(Cc1nccn1Cc1cccc(C(F)(F)F)c1)CC1CCCO1. The van der Waals surface area contributed by atoms with Crippen LogP contribution in [-0.2, 0) is 28.8 Å². The molecular weight excluding hydrogens is 383 g/mol. The molecule has 1 fully saturated rings. The molecule has 5 nitrogen and oxygen atoms in total. The molecular formula is C21H26F3N3O2. The fraction of sp³-hybridized carbons (Fsp3) is 0.524. The Morgan fingerprint density at radius 2 is 2.17 bits per heavy atom. The van der Waals surface area contributed by atoms with Crippen LogP contribution in [0.3, 0.4) is 0 Å². The molecule has 1 unspecified atom stereocenters. The summed E-state index contributed by atoms with van der Waals surface area (Å²) < 4.78 is 46.4. The van der Waals surface area contributed by atoms with Crippen LogP contribution in [-0.4, -0.2) is 39.6 Å². The first-order valence-electron chi connectivity index (χ1n) is 9.80. The molecule has 1 aromatic carbocycles. The van der Waals surface area contributed by atoms with Gasteiger partial charge in [0, 0.05) is 38.0 Å². The van der Waals surface area contributed by atoms with Crippen LogP contribution in [0.5, 0.6) is 0 Å². The van der Waals surface area contributed by atoms with Crippen molar-refractivity contribution in [3.8, 4) is 0 Å². The van der Waals surface area contributed by atoms with E-state index < -0.39 is 11.7 Å². The topological polar surface area (TPSA) is 47.4 Å². The number of carbonyl (C=O) groups is 1. The van der Waals surface area contributed by atoms with Crippen molar-refractivity contribution in [2.24, 2.45) is 5.92 Å². The van der Waals surface area contributed by atoms with E-state index in [4.69, 9.17) is 4.74 Å². The highest BCUT2D eigenvalue weighted by Crippen LogP contribution is 2.29. The number of halogens is 3. The van der Waals surface area contributed by atoms with Gasteiger partial charge in [-0.05, 0) is 30.5 Å². The maximum Gasteiger partial charge on any atom is 0.416 e. The number of rotatable bonds is 7. The smallest absolute Gasteiger partial charge is 0.376 e. The largest absolute Gasteiger partial charge is 0.416 e. The number of amides is 1. The number of ether oxygens (including phenoxy) is 1. The highest BCUT2D eigenvalue weighted by molar-refractivity contribution is 5.78. The summed E-state index contributed by atoms with van der Waals surface area (Å²) >= 11 is 0. The van der Waals surface area contributed by atoms with Gasteiger partial charge in [0.15, 0.2) is 0 Å². The second kappa shape index (κ2) is 8.98. The summed E-state index contributed by atoms with van der Waals surface area (Å²) in [7, 11) is 0. The van der Waals surface area contributed by atoms with Crippen LogP contribution in [0.25, 0.3) is 0 Å². The first-order chi connectivity index (χ1) is 13.7. The third-order valence-electron chi connectivity index (χ3n) is 4.99. The molecule has 1 atom stereocenters. The fourth-order valence-electron chi connectivity index (χ4n) is 3.48. The molecule has 2 heterocycles. The molecule has 1 aromatic heterocycles. The predicted octanol–water partition coefficient (Wildman–Crippen LogP) is 4.11. The lowest BCUT2D eigenvalue weighted by Gasteiger charge is -2.27. The summed E-state index contributed by atoms with van der Waals surface area (Å²) in [5.41, 5.74) is -0.147. The second-order valence-corrected chi connectivity index (χ2v) is 7.68. The molecule has 1 saturated heterocycles. The minimum absolute atomic E-state index is 0.00844. The zero-order valence-corrected chi connectivity index (χ0v) is 16.7. The van der Waals surface area contributed by atoms with E-state index in [0.717, 1.165) is 25.0 Å². The molecule has 158 valence electrons. The Balaban J connectivity index is 1.76. The van der Waals surface area contributed by atoms with Crippen molar-refractivity contribution in [3.63, 3.8) is 0 Å². The van der Waals surface area contributed by atoms with Crippen molar-refractivity contribution in [1.29, 1.82) is 0 Å². The first-order valence-corrected chi connectivity index (χ1v) is 9.80. The number of imidazole rings is 1. The van der Waals surface area contributed by atoms with Gasteiger partial charge in [-0.15, -0.1) is 0 Å². The van der Waals surface area contributed by atoms with Gasteiger partial charge in [-0.1, -0.05) is 26.0 Å². The van der Waals surface area contributed by atoms with Crippen molar-refractivity contribution in [1.82, 2.24) is 14.5 Å². The highest BCUT2D eigenvalue weighted by Gasteiger charge is 2.30. The molecule has 3 rings (SSSR count). The maximum atomic E-state index is 13.0. The van der Waals surface area contributed by atoms with E-state index in [1.807, 2.05) is 13.8 Å². The minimum atomic E-state index is -4.38. The van der Waals surface area contributed by atoms with Gasteiger partial charge in [-0.25, -0.2) is 4.98 Å². The number of benzene rings is 1. The molecule has 0 N–H and O–H groups in total. The van der Waals surface area contributed by atoms with Gasteiger partial charge in [0.1, 0.15) is 5.82 Å². The number of alkyl halides is 3. The van der Waals surface area contributed by atoms with Crippen LogP contribution >= 0.6 is 0 Å². The molecule has 1 aliphatic rings.